The average molecular weight is 277 g/mol. The second-order valence-electron chi connectivity index (χ2n) is 4.12. The van der Waals surface area contributed by atoms with Gasteiger partial charge in [0, 0.05) is 5.56 Å². The van der Waals surface area contributed by atoms with Crippen LogP contribution < -0.4 is 10.5 Å². The van der Waals surface area contributed by atoms with Crippen LogP contribution in [0.5, 0.6) is 5.75 Å². The molecule has 1 unspecified atom stereocenters. The molecule has 0 saturated heterocycles. The number of ether oxygens (including phenoxy) is 2. The van der Waals surface area contributed by atoms with Crippen molar-refractivity contribution in [3.63, 3.8) is 0 Å². The fourth-order valence-electron chi connectivity index (χ4n) is 1.52. The van der Waals surface area contributed by atoms with E-state index in [1.54, 1.807) is 24.3 Å². The predicted octanol–water partition coefficient (Wildman–Crippen LogP) is 3.05. The predicted molar refractivity (Wildman–Crippen MR) is 66.0 cm³/mol. The summed E-state index contributed by atoms with van der Waals surface area (Å²) in [7, 11) is 0. The zero-order valence-corrected chi connectivity index (χ0v) is 10.7. The molecule has 0 aromatic heterocycles. The number of hydrogen-bond donors (Lipinski definition) is 1. The summed E-state index contributed by atoms with van der Waals surface area (Å²) in [6, 6.07) is 6.38. The van der Waals surface area contributed by atoms with E-state index in [1.807, 2.05) is 6.92 Å². The number of nitrogens with two attached hydrogens (primary N) is 1. The number of hydrogen-bond acceptors (Lipinski definition) is 3. The molecule has 0 aliphatic rings. The molecular weight excluding hydrogens is 259 g/mol. The maximum absolute atomic E-state index is 12.0. The van der Waals surface area contributed by atoms with Crippen molar-refractivity contribution in [2.75, 3.05) is 19.8 Å². The highest BCUT2D eigenvalue weighted by atomic mass is 19.4. The summed E-state index contributed by atoms with van der Waals surface area (Å²) < 4.78 is 46.0. The largest absolute Gasteiger partial charge is 0.493 e. The molecular formula is C13H18F3NO2. The molecule has 108 valence electrons. The number of halogens is 3. The molecule has 0 spiro atoms. The summed E-state index contributed by atoms with van der Waals surface area (Å²) in [5.74, 6) is 0.590. The molecule has 0 heterocycles. The molecule has 0 aliphatic carbocycles. The highest BCUT2D eigenvalue weighted by molar-refractivity contribution is 5.35. The molecule has 1 aromatic rings. The van der Waals surface area contributed by atoms with Crippen LogP contribution >= 0.6 is 0 Å². The molecule has 1 atom stereocenters. The van der Waals surface area contributed by atoms with Gasteiger partial charge >= 0.3 is 6.18 Å². The van der Waals surface area contributed by atoms with Crippen molar-refractivity contribution in [2.45, 2.75) is 25.6 Å². The Labute approximate surface area is 110 Å². The second-order valence-corrected chi connectivity index (χ2v) is 4.12. The van der Waals surface area contributed by atoms with Crippen LogP contribution in [-0.4, -0.2) is 26.0 Å². The van der Waals surface area contributed by atoms with Crippen molar-refractivity contribution in [3.05, 3.63) is 29.8 Å². The monoisotopic (exact) mass is 277 g/mol. The number of alkyl halides is 3. The minimum atomic E-state index is -4.34. The zero-order valence-electron chi connectivity index (χ0n) is 10.7. The number of rotatable bonds is 7. The molecule has 1 aromatic carbocycles. The Morgan fingerprint density at radius 3 is 2.58 bits per heavy atom. The van der Waals surface area contributed by atoms with E-state index in [0.29, 0.717) is 17.9 Å². The molecule has 0 fully saturated rings. The van der Waals surface area contributed by atoms with Crippen LogP contribution in [-0.2, 0) is 4.74 Å². The van der Waals surface area contributed by atoms with Crippen molar-refractivity contribution < 1.29 is 22.6 Å². The van der Waals surface area contributed by atoms with E-state index in [0.717, 1.165) is 6.42 Å². The Morgan fingerprint density at radius 2 is 1.95 bits per heavy atom. The number of benzene rings is 1. The van der Waals surface area contributed by atoms with Crippen LogP contribution in [0.3, 0.4) is 0 Å². The summed E-state index contributed by atoms with van der Waals surface area (Å²) in [6.07, 6.45) is -3.49. The maximum atomic E-state index is 12.0. The van der Waals surface area contributed by atoms with Gasteiger partial charge in [-0.2, -0.15) is 13.2 Å². The Hall–Kier alpha value is -1.27. The lowest BCUT2D eigenvalue weighted by Gasteiger charge is -2.17. The third-order valence-corrected chi connectivity index (χ3v) is 2.34. The molecule has 6 heteroatoms. The van der Waals surface area contributed by atoms with Gasteiger partial charge in [0.25, 0.3) is 0 Å². The summed E-state index contributed by atoms with van der Waals surface area (Å²) in [4.78, 5) is 0. The lowest BCUT2D eigenvalue weighted by atomic mass is 10.1. The standard InChI is InChI=1S/C13H18F3NO2/c1-2-7-19-12-6-4-3-5-10(12)11(17)8-18-9-13(14,15)16/h3-6,11H,2,7-9,17H2,1H3. The van der Waals surface area contributed by atoms with E-state index in [4.69, 9.17) is 10.5 Å². The van der Waals surface area contributed by atoms with E-state index < -0.39 is 18.8 Å². The molecule has 0 aliphatic heterocycles. The van der Waals surface area contributed by atoms with Gasteiger partial charge in [0.1, 0.15) is 12.4 Å². The molecule has 19 heavy (non-hydrogen) atoms. The lowest BCUT2D eigenvalue weighted by Crippen LogP contribution is -2.23. The summed E-state index contributed by atoms with van der Waals surface area (Å²) in [5.41, 5.74) is 6.48. The number of para-hydroxylation sites is 1. The fourth-order valence-corrected chi connectivity index (χ4v) is 1.52. The van der Waals surface area contributed by atoms with Gasteiger partial charge in [-0.1, -0.05) is 25.1 Å². The third kappa shape index (κ3) is 5.94. The molecule has 2 N–H and O–H groups in total. The van der Waals surface area contributed by atoms with Crippen LogP contribution in [0.25, 0.3) is 0 Å². The molecule has 3 nitrogen and oxygen atoms in total. The Kier molecular flexibility index (Phi) is 6.11. The van der Waals surface area contributed by atoms with Crippen molar-refractivity contribution in [3.8, 4) is 5.75 Å². The first-order valence-corrected chi connectivity index (χ1v) is 6.06. The highest BCUT2D eigenvalue weighted by Gasteiger charge is 2.28. The molecule has 1 rings (SSSR count). The van der Waals surface area contributed by atoms with Crippen molar-refractivity contribution in [1.82, 2.24) is 0 Å². The summed E-state index contributed by atoms with van der Waals surface area (Å²) in [5, 5.41) is 0. The van der Waals surface area contributed by atoms with Gasteiger partial charge in [-0.3, -0.25) is 0 Å². The van der Waals surface area contributed by atoms with Gasteiger partial charge in [0.05, 0.1) is 19.3 Å². The van der Waals surface area contributed by atoms with Gasteiger partial charge < -0.3 is 15.2 Å². The quantitative estimate of drug-likeness (QED) is 0.833. The smallest absolute Gasteiger partial charge is 0.411 e. The van der Waals surface area contributed by atoms with Crippen LogP contribution in [0.1, 0.15) is 24.9 Å². The minimum absolute atomic E-state index is 0.202. The van der Waals surface area contributed by atoms with Crippen LogP contribution in [0.2, 0.25) is 0 Å². The van der Waals surface area contributed by atoms with E-state index in [2.05, 4.69) is 4.74 Å². The van der Waals surface area contributed by atoms with E-state index in [1.165, 1.54) is 0 Å². The first kappa shape index (κ1) is 15.8. The van der Waals surface area contributed by atoms with Crippen molar-refractivity contribution >= 4 is 0 Å². The first-order valence-electron chi connectivity index (χ1n) is 6.06. The van der Waals surface area contributed by atoms with Crippen LogP contribution in [0.15, 0.2) is 24.3 Å². The molecule has 0 bridgehead atoms. The highest BCUT2D eigenvalue weighted by Crippen LogP contribution is 2.24. The molecule has 0 amide bonds. The van der Waals surface area contributed by atoms with Gasteiger partial charge in [-0.25, -0.2) is 0 Å². The average Bonchev–Trinajstić information content (AvgIpc) is 2.35. The SMILES string of the molecule is CCCOc1ccccc1C(N)COCC(F)(F)F. The lowest BCUT2D eigenvalue weighted by molar-refractivity contribution is -0.174. The van der Waals surface area contributed by atoms with Gasteiger partial charge in [0.2, 0.25) is 0 Å². The Morgan fingerprint density at radius 1 is 1.26 bits per heavy atom. The second kappa shape index (κ2) is 7.35. The van der Waals surface area contributed by atoms with E-state index in [9.17, 15) is 13.2 Å². The van der Waals surface area contributed by atoms with Crippen LogP contribution in [0.4, 0.5) is 13.2 Å². The van der Waals surface area contributed by atoms with E-state index in [-0.39, 0.29) is 6.61 Å². The van der Waals surface area contributed by atoms with Gasteiger partial charge in [-0.15, -0.1) is 0 Å². The molecule has 0 saturated carbocycles. The Bertz CT molecular complexity index is 382. The molecule has 0 radical (unpaired) electrons. The first-order chi connectivity index (χ1) is 8.94. The Balaban J connectivity index is 2.58. The van der Waals surface area contributed by atoms with Crippen molar-refractivity contribution in [1.29, 1.82) is 0 Å². The normalized spacial score (nSPS) is 13.3. The van der Waals surface area contributed by atoms with Crippen molar-refractivity contribution in [2.24, 2.45) is 5.73 Å². The van der Waals surface area contributed by atoms with E-state index >= 15 is 0 Å². The van der Waals surface area contributed by atoms with Crippen LogP contribution in [0, 0.1) is 0 Å². The summed E-state index contributed by atoms with van der Waals surface area (Å²) in [6.45, 7) is 1.01. The van der Waals surface area contributed by atoms with Gasteiger partial charge in [-0.05, 0) is 12.5 Å². The van der Waals surface area contributed by atoms with Gasteiger partial charge in [0.15, 0.2) is 0 Å². The fraction of sp³-hybridized carbons (Fsp3) is 0.538. The third-order valence-electron chi connectivity index (χ3n) is 2.34. The summed E-state index contributed by atoms with van der Waals surface area (Å²) >= 11 is 0. The minimum Gasteiger partial charge on any atom is -0.493 e. The topological polar surface area (TPSA) is 44.5 Å². The zero-order chi connectivity index (χ0) is 14.3. The maximum Gasteiger partial charge on any atom is 0.411 e.